The highest BCUT2D eigenvalue weighted by molar-refractivity contribution is 8.15. The molecule has 3 rings (SSSR count). The number of thioether (sulfide) groups is 1. The van der Waals surface area contributed by atoms with E-state index in [4.69, 9.17) is 9.02 Å². The fourth-order valence-electron chi connectivity index (χ4n) is 2.69. The van der Waals surface area contributed by atoms with Gasteiger partial charge in [-0.1, -0.05) is 77.1 Å². The number of hydrogen-bond donors (Lipinski definition) is 0. The van der Waals surface area contributed by atoms with Crippen LogP contribution < -0.4 is 0 Å². The van der Waals surface area contributed by atoms with Crippen molar-refractivity contribution >= 4 is 49.2 Å². The molecule has 0 heterocycles. The molecule has 1 unspecified atom stereocenters. The Morgan fingerprint density at radius 1 is 1.07 bits per heavy atom. The molecule has 0 aliphatic rings. The predicted octanol–water partition coefficient (Wildman–Crippen LogP) is 4.58. The van der Waals surface area contributed by atoms with Crippen LogP contribution in [-0.4, -0.2) is 28.2 Å². The standard InChI is InChI=1S/C22H21NO4S2/c1-16-11-13-19(14-12-16)28-21(22(24)26-2)23-27-29(3,25)15-18-9-6-8-17-7-4-5-10-20(17)18/h4-14H,3,15H2,1-2H3/b23-21-. The largest absolute Gasteiger partial charge is 0.464 e. The van der Waals surface area contributed by atoms with Gasteiger partial charge < -0.3 is 9.02 Å². The Morgan fingerprint density at radius 2 is 1.76 bits per heavy atom. The molecular formula is C22H21NO4S2. The van der Waals surface area contributed by atoms with Crippen LogP contribution >= 0.6 is 11.8 Å². The molecule has 0 N–H and O–H groups in total. The summed E-state index contributed by atoms with van der Waals surface area (Å²) in [5.41, 5.74) is 1.93. The van der Waals surface area contributed by atoms with E-state index in [1.807, 2.05) is 73.7 Å². The van der Waals surface area contributed by atoms with Gasteiger partial charge in [-0.25, -0.2) is 9.00 Å². The Kier molecular flexibility index (Phi) is 6.61. The van der Waals surface area contributed by atoms with Crippen LogP contribution in [0.15, 0.2) is 76.8 Å². The Bertz CT molecular complexity index is 1150. The zero-order valence-corrected chi connectivity index (χ0v) is 17.8. The Balaban J connectivity index is 1.81. The number of ether oxygens (including phenoxy) is 1. The van der Waals surface area contributed by atoms with Gasteiger partial charge in [0.15, 0.2) is 0 Å². The number of esters is 1. The molecule has 0 aromatic heterocycles. The molecule has 0 amide bonds. The van der Waals surface area contributed by atoms with Crippen LogP contribution in [-0.2, 0) is 29.4 Å². The second kappa shape index (κ2) is 9.15. The average Bonchev–Trinajstić information content (AvgIpc) is 2.72. The minimum absolute atomic E-state index is 0.0503. The zero-order chi connectivity index (χ0) is 20.9. The van der Waals surface area contributed by atoms with Gasteiger partial charge >= 0.3 is 5.97 Å². The monoisotopic (exact) mass is 427 g/mol. The highest BCUT2D eigenvalue weighted by atomic mass is 32.2. The molecule has 0 fully saturated rings. The van der Waals surface area contributed by atoms with Crippen molar-refractivity contribution in [3.05, 3.63) is 77.9 Å². The van der Waals surface area contributed by atoms with Gasteiger partial charge in [-0.2, -0.15) is 0 Å². The van der Waals surface area contributed by atoms with E-state index in [-0.39, 0.29) is 10.8 Å². The summed E-state index contributed by atoms with van der Waals surface area (Å²) in [4.78, 5) is 12.9. The Morgan fingerprint density at radius 3 is 2.48 bits per heavy atom. The van der Waals surface area contributed by atoms with Gasteiger partial charge in [0.2, 0.25) is 5.04 Å². The number of methoxy groups -OCH3 is 1. The molecular weight excluding hydrogens is 406 g/mol. The maximum absolute atomic E-state index is 12.9. The highest BCUT2D eigenvalue weighted by Crippen LogP contribution is 2.23. The second-order valence-corrected chi connectivity index (χ2v) is 9.39. The molecule has 0 radical (unpaired) electrons. The summed E-state index contributed by atoms with van der Waals surface area (Å²) in [6, 6.07) is 21.1. The smallest absolute Gasteiger partial charge is 0.367 e. The Labute approximate surface area is 174 Å². The van der Waals surface area contributed by atoms with Crippen molar-refractivity contribution in [2.45, 2.75) is 17.6 Å². The molecule has 0 spiro atoms. The summed E-state index contributed by atoms with van der Waals surface area (Å²) in [5, 5.41) is 5.79. The van der Waals surface area contributed by atoms with Gasteiger partial charge in [0.05, 0.1) is 12.9 Å². The van der Waals surface area contributed by atoms with E-state index < -0.39 is 15.8 Å². The maximum atomic E-state index is 12.9. The van der Waals surface area contributed by atoms with Gasteiger partial charge in [-0.3, -0.25) is 0 Å². The highest BCUT2D eigenvalue weighted by Gasteiger charge is 2.17. The summed E-state index contributed by atoms with van der Waals surface area (Å²) in [6.07, 6.45) is 0. The second-order valence-electron chi connectivity index (χ2n) is 6.40. The number of oxime groups is 1. The third kappa shape index (κ3) is 5.62. The summed E-state index contributed by atoms with van der Waals surface area (Å²) in [7, 11) is -1.82. The van der Waals surface area contributed by atoms with Crippen LogP contribution in [0.4, 0.5) is 0 Å². The number of hydrogen-bond acceptors (Lipinski definition) is 6. The van der Waals surface area contributed by atoms with Gasteiger partial charge in [-0.05, 0) is 41.3 Å². The lowest BCUT2D eigenvalue weighted by molar-refractivity contribution is -0.132. The lowest BCUT2D eigenvalue weighted by Crippen LogP contribution is -2.14. The van der Waals surface area contributed by atoms with Gasteiger partial charge in [0.1, 0.15) is 9.80 Å². The average molecular weight is 428 g/mol. The van der Waals surface area contributed by atoms with Gasteiger partial charge in [0, 0.05) is 4.90 Å². The SMILES string of the molecule is C=S(=O)(Cc1cccc2ccccc12)O/N=C(\Sc1ccc(C)cc1)C(=O)OC. The van der Waals surface area contributed by atoms with E-state index >= 15 is 0 Å². The van der Waals surface area contributed by atoms with Crippen molar-refractivity contribution < 1.29 is 18.0 Å². The number of carbonyl (C=O) groups is 1. The van der Waals surface area contributed by atoms with E-state index in [2.05, 4.69) is 11.0 Å². The van der Waals surface area contributed by atoms with Crippen LogP contribution in [0.25, 0.3) is 10.8 Å². The fourth-order valence-corrected chi connectivity index (χ4v) is 4.46. The van der Waals surface area contributed by atoms with Gasteiger partial charge in [0.25, 0.3) is 0 Å². The van der Waals surface area contributed by atoms with Crippen molar-refractivity contribution in [3.63, 3.8) is 0 Å². The first-order valence-corrected chi connectivity index (χ1v) is 11.4. The van der Waals surface area contributed by atoms with Crippen molar-refractivity contribution in [1.29, 1.82) is 0 Å². The van der Waals surface area contributed by atoms with E-state index in [1.54, 1.807) is 0 Å². The Hall–Kier alpha value is -2.77. The van der Waals surface area contributed by atoms with Crippen LogP contribution in [0.1, 0.15) is 11.1 Å². The summed E-state index contributed by atoms with van der Waals surface area (Å²) in [5.74, 6) is 3.09. The number of benzene rings is 3. The van der Waals surface area contributed by atoms with Crippen LogP contribution in [0.3, 0.4) is 0 Å². The number of fused-ring (bicyclic) bond motifs is 1. The molecule has 0 saturated heterocycles. The van der Waals surface area contributed by atoms with E-state index in [9.17, 15) is 9.00 Å². The molecule has 0 saturated carbocycles. The van der Waals surface area contributed by atoms with E-state index in [1.165, 1.54) is 7.11 Å². The molecule has 0 aliphatic carbocycles. The summed E-state index contributed by atoms with van der Waals surface area (Å²) >= 11 is 1.08. The first-order chi connectivity index (χ1) is 13.9. The molecule has 29 heavy (non-hydrogen) atoms. The molecule has 150 valence electrons. The topological polar surface area (TPSA) is 65.0 Å². The molecule has 3 aromatic carbocycles. The molecule has 1 atom stereocenters. The zero-order valence-electron chi connectivity index (χ0n) is 16.2. The number of carbonyl (C=O) groups excluding carboxylic acids is 1. The minimum Gasteiger partial charge on any atom is -0.464 e. The van der Waals surface area contributed by atoms with Crippen LogP contribution in [0.2, 0.25) is 0 Å². The molecule has 0 aliphatic heterocycles. The summed E-state index contributed by atoms with van der Waals surface area (Å²) < 4.78 is 22.9. The summed E-state index contributed by atoms with van der Waals surface area (Å²) in [6.45, 7) is 1.97. The first kappa shape index (κ1) is 21.0. The maximum Gasteiger partial charge on any atom is 0.367 e. The fraction of sp³-hybridized carbons (Fsp3) is 0.136. The van der Waals surface area contributed by atoms with Crippen molar-refractivity contribution in [2.75, 3.05) is 7.11 Å². The normalized spacial score (nSPS) is 13.7. The minimum atomic E-state index is -3.07. The van der Waals surface area contributed by atoms with E-state index in [0.29, 0.717) is 0 Å². The van der Waals surface area contributed by atoms with Crippen molar-refractivity contribution in [1.82, 2.24) is 0 Å². The first-order valence-electron chi connectivity index (χ1n) is 8.79. The predicted molar refractivity (Wildman–Crippen MR) is 120 cm³/mol. The molecule has 5 nitrogen and oxygen atoms in total. The van der Waals surface area contributed by atoms with Crippen LogP contribution in [0, 0.1) is 6.92 Å². The number of aryl methyl sites for hydroxylation is 1. The van der Waals surface area contributed by atoms with Crippen molar-refractivity contribution in [3.8, 4) is 0 Å². The third-order valence-corrected chi connectivity index (χ3v) is 6.15. The lowest BCUT2D eigenvalue weighted by Gasteiger charge is -2.10. The van der Waals surface area contributed by atoms with Gasteiger partial charge in [-0.15, -0.1) is 0 Å². The lowest BCUT2D eigenvalue weighted by atomic mass is 10.1. The molecule has 7 heteroatoms. The molecule has 0 bridgehead atoms. The van der Waals surface area contributed by atoms with E-state index in [0.717, 1.165) is 38.6 Å². The van der Waals surface area contributed by atoms with Crippen molar-refractivity contribution in [2.24, 2.45) is 5.16 Å². The molecule has 3 aromatic rings. The number of rotatable bonds is 5. The quantitative estimate of drug-likeness (QED) is 0.149. The van der Waals surface area contributed by atoms with Crippen LogP contribution in [0.5, 0.6) is 0 Å². The third-order valence-electron chi connectivity index (χ3n) is 4.11. The number of nitrogens with zero attached hydrogens (tertiary/aromatic N) is 1.